The molecular weight excluding hydrogens is 492 g/mol. The lowest BCUT2D eigenvalue weighted by Gasteiger charge is -2.26. The SMILES string of the molecule is CCOC(=O)C1=C(C)N=c2s/c(=C\c3ccc(OC(C)=O)cc3)c(=O)n2C1c1ccccc1OC(C)C. The maximum absolute atomic E-state index is 13.8. The van der Waals surface area contributed by atoms with Crippen LogP contribution in [0.3, 0.4) is 0 Å². The molecule has 192 valence electrons. The summed E-state index contributed by atoms with van der Waals surface area (Å²) in [6.07, 6.45) is 1.64. The van der Waals surface area contributed by atoms with Crippen molar-refractivity contribution >= 4 is 29.4 Å². The van der Waals surface area contributed by atoms with E-state index in [0.717, 1.165) is 5.56 Å². The van der Waals surface area contributed by atoms with Crippen LogP contribution in [-0.4, -0.2) is 29.2 Å². The van der Waals surface area contributed by atoms with Gasteiger partial charge in [-0.05, 0) is 57.5 Å². The molecule has 1 atom stereocenters. The molecule has 37 heavy (non-hydrogen) atoms. The van der Waals surface area contributed by atoms with Crippen LogP contribution in [0.15, 0.2) is 69.6 Å². The van der Waals surface area contributed by atoms with Gasteiger partial charge in [-0.15, -0.1) is 0 Å². The third-order valence-electron chi connectivity index (χ3n) is 5.53. The average molecular weight is 521 g/mol. The van der Waals surface area contributed by atoms with Crippen LogP contribution in [0, 0.1) is 0 Å². The molecule has 1 aromatic heterocycles. The molecule has 0 radical (unpaired) electrons. The average Bonchev–Trinajstić information content (AvgIpc) is 3.13. The minimum Gasteiger partial charge on any atom is -0.491 e. The highest BCUT2D eigenvalue weighted by Gasteiger charge is 2.35. The molecule has 4 rings (SSSR count). The third-order valence-corrected chi connectivity index (χ3v) is 6.52. The predicted molar refractivity (Wildman–Crippen MR) is 140 cm³/mol. The van der Waals surface area contributed by atoms with E-state index >= 15 is 0 Å². The fraction of sp³-hybridized carbons (Fsp3) is 0.286. The van der Waals surface area contributed by atoms with Crippen LogP contribution in [0.25, 0.3) is 6.08 Å². The Morgan fingerprint density at radius 2 is 1.84 bits per heavy atom. The highest BCUT2D eigenvalue weighted by Crippen LogP contribution is 2.36. The number of thiazole rings is 1. The quantitative estimate of drug-likeness (QED) is 0.350. The first-order valence-electron chi connectivity index (χ1n) is 11.9. The molecular formula is C28H28N2O6S. The van der Waals surface area contributed by atoms with Crippen molar-refractivity contribution in [2.45, 2.75) is 46.8 Å². The van der Waals surface area contributed by atoms with Gasteiger partial charge in [0.05, 0.1) is 28.5 Å². The largest absolute Gasteiger partial charge is 0.491 e. The Kier molecular flexibility index (Phi) is 7.73. The lowest BCUT2D eigenvalue weighted by molar-refractivity contribution is -0.139. The summed E-state index contributed by atoms with van der Waals surface area (Å²) < 4.78 is 18.5. The fourth-order valence-corrected chi connectivity index (χ4v) is 5.15. The van der Waals surface area contributed by atoms with Gasteiger partial charge in [0, 0.05) is 12.5 Å². The van der Waals surface area contributed by atoms with E-state index in [-0.39, 0.29) is 18.3 Å². The third kappa shape index (κ3) is 5.56. The molecule has 0 aliphatic carbocycles. The first-order chi connectivity index (χ1) is 17.7. The number of allylic oxidation sites excluding steroid dienone is 1. The Hall–Kier alpha value is -3.98. The molecule has 0 bridgehead atoms. The van der Waals surface area contributed by atoms with Crippen molar-refractivity contribution in [3.8, 4) is 11.5 Å². The van der Waals surface area contributed by atoms with Gasteiger partial charge in [0.25, 0.3) is 5.56 Å². The lowest BCUT2D eigenvalue weighted by atomic mass is 9.95. The van der Waals surface area contributed by atoms with Crippen molar-refractivity contribution in [1.82, 2.24) is 4.57 Å². The number of esters is 2. The minimum atomic E-state index is -0.765. The highest BCUT2D eigenvalue weighted by atomic mass is 32.1. The molecule has 1 aliphatic rings. The van der Waals surface area contributed by atoms with Crippen LogP contribution < -0.4 is 24.4 Å². The number of rotatable bonds is 7. The van der Waals surface area contributed by atoms with Gasteiger partial charge in [-0.3, -0.25) is 14.2 Å². The van der Waals surface area contributed by atoms with Gasteiger partial charge < -0.3 is 14.2 Å². The zero-order chi connectivity index (χ0) is 26.7. The molecule has 0 amide bonds. The van der Waals surface area contributed by atoms with Crippen LogP contribution in [0.4, 0.5) is 0 Å². The summed E-state index contributed by atoms with van der Waals surface area (Å²) in [7, 11) is 0. The Morgan fingerprint density at radius 1 is 1.14 bits per heavy atom. The van der Waals surface area contributed by atoms with Crippen LogP contribution in [0.5, 0.6) is 11.5 Å². The van der Waals surface area contributed by atoms with Crippen LogP contribution in [-0.2, 0) is 14.3 Å². The van der Waals surface area contributed by atoms with Crippen LogP contribution >= 0.6 is 11.3 Å². The van der Waals surface area contributed by atoms with Crippen molar-refractivity contribution < 1.29 is 23.8 Å². The van der Waals surface area contributed by atoms with Crippen LogP contribution in [0.1, 0.15) is 51.8 Å². The van der Waals surface area contributed by atoms with Gasteiger partial charge in [-0.1, -0.05) is 41.7 Å². The lowest BCUT2D eigenvalue weighted by Crippen LogP contribution is -2.40. The van der Waals surface area contributed by atoms with Crippen molar-refractivity contribution in [1.29, 1.82) is 0 Å². The molecule has 0 saturated carbocycles. The molecule has 0 spiro atoms. The second-order valence-corrected chi connectivity index (χ2v) is 9.68. The molecule has 8 nitrogen and oxygen atoms in total. The van der Waals surface area contributed by atoms with Gasteiger partial charge >= 0.3 is 11.9 Å². The molecule has 2 heterocycles. The summed E-state index contributed by atoms with van der Waals surface area (Å²) >= 11 is 1.24. The van der Waals surface area contributed by atoms with Gasteiger partial charge in [0.15, 0.2) is 4.80 Å². The van der Waals surface area contributed by atoms with Crippen molar-refractivity contribution in [3.63, 3.8) is 0 Å². The molecule has 9 heteroatoms. The van der Waals surface area contributed by atoms with E-state index in [2.05, 4.69) is 4.99 Å². The monoisotopic (exact) mass is 520 g/mol. The Bertz CT molecular complexity index is 1550. The molecule has 0 saturated heterocycles. The number of ether oxygens (including phenoxy) is 3. The van der Waals surface area contributed by atoms with Crippen LogP contribution in [0.2, 0.25) is 0 Å². The molecule has 0 fully saturated rings. The molecule has 2 aromatic carbocycles. The Morgan fingerprint density at radius 3 is 2.49 bits per heavy atom. The second-order valence-electron chi connectivity index (χ2n) is 8.67. The summed E-state index contributed by atoms with van der Waals surface area (Å²) in [4.78, 5) is 43.2. The first-order valence-corrected chi connectivity index (χ1v) is 12.7. The van der Waals surface area contributed by atoms with E-state index in [4.69, 9.17) is 14.2 Å². The summed E-state index contributed by atoms with van der Waals surface area (Å²) in [5.74, 6) is 0.0659. The normalized spacial score (nSPS) is 15.3. The molecule has 1 aliphatic heterocycles. The van der Waals surface area contributed by atoms with Crippen molar-refractivity contribution in [3.05, 3.63) is 90.6 Å². The van der Waals surface area contributed by atoms with E-state index in [1.54, 1.807) is 44.2 Å². The summed E-state index contributed by atoms with van der Waals surface area (Å²) in [6.45, 7) is 8.85. The summed E-state index contributed by atoms with van der Waals surface area (Å²) in [6, 6.07) is 13.5. The van der Waals surface area contributed by atoms with Crippen molar-refractivity contribution in [2.24, 2.45) is 4.99 Å². The first kappa shape index (κ1) is 26.1. The van der Waals surface area contributed by atoms with E-state index < -0.39 is 18.0 Å². The summed E-state index contributed by atoms with van der Waals surface area (Å²) in [5.41, 5.74) is 1.92. The fourth-order valence-electron chi connectivity index (χ4n) is 4.10. The second kappa shape index (κ2) is 11.0. The van der Waals surface area contributed by atoms with Gasteiger partial charge in [0.2, 0.25) is 0 Å². The number of para-hydroxylation sites is 1. The van der Waals surface area contributed by atoms with E-state index in [0.29, 0.717) is 37.7 Å². The smallest absolute Gasteiger partial charge is 0.338 e. The maximum atomic E-state index is 13.8. The van der Waals surface area contributed by atoms with E-state index in [9.17, 15) is 14.4 Å². The number of aromatic nitrogens is 1. The number of fused-ring (bicyclic) bond motifs is 1. The topological polar surface area (TPSA) is 96.2 Å². The zero-order valence-electron chi connectivity index (χ0n) is 21.3. The van der Waals surface area contributed by atoms with E-state index in [1.165, 1.54) is 22.8 Å². The van der Waals surface area contributed by atoms with E-state index in [1.807, 2.05) is 38.1 Å². The number of hydrogen-bond acceptors (Lipinski definition) is 8. The van der Waals surface area contributed by atoms with Crippen molar-refractivity contribution in [2.75, 3.05) is 6.61 Å². The zero-order valence-corrected chi connectivity index (χ0v) is 22.1. The predicted octanol–water partition coefficient (Wildman–Crippen LogP) is 3.51. The van der Waals surface area contributed by atoms with Gasteiger partial charge in [0.1, 0.15) is 17.5 Å². The molecule has 3 aromatic rings. The Labute approximate surface area is 218 Å². The van der Waals surface area contributed by atoms with Gasteiger partial charge in [-0.25, -0.2) is 9.79 Å². The number of carbonyl (C=O) groups excluding carboxylic acids is 2. The standard InChI is InChI=1S/C28H28N2O6S/c1-6-34-27(33)24-17(4)29-28-30(25(24)21-9-7-8-10-22(21)35-16(2)3)26(32)23(37-28)15-19-11-13-20(14-12-19)36-18(5)31/h7-16,25H,6H2,1-5H3/b23-15-. The number of carbonyl (C=O) groups is 2. The maximum Gasteiger partial charge on any atom is 0.338 e. The molecule has 0 N–H and O–H groups in total. The highest BCUT2D eigenvalue weighted by molar-refractivity contribution is 7.07. The minimum absolute atomic E-state index is 0.108. The van der Waals surface area contributed by atoms with Gasteiger partial charge in [-0.2, -0.15) is 0 Å². The Balaban J connectivity index is 1.90. The summed E-state index contributed by atoms with van der Waals surface area (Å²) in [5, 5.41) is 0. The molecule has 1 unspecified atom stereocenters. The number of hydrogen-bond donors (Lipinski definition) is 0. The number of nitrogens with zero attached hydrogens (tertiary/aromatic N) is 2. The number of benzene rings is 2.